The predicted octanol–water partition coefficient (Wildman–Crippen LogP) is 4.01. The van der Waals surface area contributed by atoms with E-state index in [1.165, 1.54) is 0 Å². The third-order valence-corrected chi connectivity index (χ3v) is 4.89. The number of nitrogens with one attached hydrogen (secondary N) is 2. The van der Waals surface area contributed by atoms with Crippen LogP contribution in [0.25, 0.3) is 0 Å². The Morgan fingerprint density at radius 2 is 1.71 bits per heavy atom. The minimum absolute atomic E-state index is 0.0319. The molecule has 31 heavy (non-hydrogen) atoms. The van der Waals surface area contributed by atoms with Crippen LogP contribution in [0.4, 0.5) is 5.69 Å². The van der Waals surface area contributed by atoms with Gasteiger partial charge in [0.2, 0.25) is 0 Å². The van der Waals surface area contributed by atoms with Crippen LogP contribution in [-0.4, -0.2) is 30.2 Å². The molecule has 3 rings (SSSR count). The Kier molecular flexibility index (Phi) is 7.08. The lowest BCUT2D eigenvalue weighted by atomic mass is 10.0. The minimum Gasteiger partial charge on any atom is -0.384 e. The smallest absolute Gasteiger partial charge is 0.253 e. The van der Waals surface area contributed by atoms with E-state index in [1.54, 1.807) is 17.0 Å². The van der Waals surface area contributed by atoms with E-state index in [0.29, 0.717) is 24.2 Å². The average molecular weight is 411 g/mol. The second-order valence-electron chi connectivity index (χ2n) is 7.32. The first-order valence-corrected chi connectivity index (χ1v) is 10.0. The number of rotatable bonds is 6. The van der Waals surface area contributed by atoms with Gasteiger partial charge in [-0.3, -0.25) is 10.2 Å². The summed E-state index contributed by atoms with van der Waals surface area (Å²) in [5, 5.41) is 10.7. The molecule has 0 atom stereocenters. The Labute approximate surface area is 183 Å². The summed E-state index contributed by atoms with van der Waals surface area (Å²) >= 11 is 0. The number of aryl methyl sites for hydroxylation is 1. The summed E-state index contributed by atoms with van der Waals surface area (Å²) in [5.41, 5.74) is 10.6. The molecule has 3 aromatic carbocycles. The molecule has 4 N–H and O–H groups in total. The average Bonchev–Trinajstić information content (AvgIpc) is 2.78. The highest BCUT2D eigenvalue weighted by atomic mass is 16.2. The maximum atomic E-state index is 12.8. The van der Waals surface area contributed by atoms with Gasteiger partial charge in [0.25, 0.3) is 5.91 Å². The lowest BCUT2D eigenvalue weighted by Gasteiger charge is -2.17. The van der Waals surface area contributed by atoms with Crippen molar-refractivity contribution in [3.8, 4) is 11.8 Å². The second kappa shape index (κ2) is 10.1. The number of hydrogen-bond donors (Lipinski definition) is 3. The van der Waals surface area contributed by atoms with Crippen LogP contribution < -0.4 is 11.1 Å². The summed E-state index contributed by atoms with van der Waals surface area (Å²) in [6.07, 6.45) is 0. The normalized spacial score (nSPS) is 10.0. The molecule has 0 aromatic heterocycles. The molecule has 0 saturated heterocycles. The highest BCUT2D eigenvalue weighted by Crippen LogP contribution is 2.14. The number of carbonyl (C=O) groups is 1. The third-order valence-electron chi connectivity index (χ3n) is 4.89. The number of amides is 1. The molecule has 0 aliphatic rings. The van der Waals surface area contributed by atoms with Gasteiger partial charge < -0.3 is 16.0 Å². The van der Waals surface area contributed by atoms with Gasteiger partial charge in [0.15, 0.2) is 0 Å². The summed E-state index contributed by atoms with van der Waals surface area (Å²) < 4.78 is 0. The fraction of sp³-hybridized carbons (Fsp3) is 0.154. The summed E-state index contributed by atoms with van der Waals surface area (Å²) in [4.78, 5) is 14.6. The number of carbonyl (C=O) groups excluding carboxylic acids is 1. The van der Waals surface area contributed by atoms with Gasteiger partial charge >= 0.3 is 0 Å². The van der Waals surface area contributed by atoms with E-state index in [4.69, 9.17) is 11.1 Å². The van der Waals surface area contributed by atoms with Crippen molar-refractivity contribution in [3.05, 3.63) is 101 Å². The van der Waals surface area contributed by atoms with Crippen LogP contribution in [0.15, 0.2) is 72.8 Å². The molecule has 0 radical (unpaired) electrons. The Hall–Kier alpha value is -4.04. The highest BCUT2D eigenvalue weighted by molar-refractivity contribution is 5.95. The molecule has 0 aliphatic heterocycles. The van der Waals surface area contributed by atoms with Gasteiger partial charge in [0, 0.05) is 36.0 Å². The summed E-state index contributed by atoms with van der Waals surface area (Å²) in [6, 6.07) is 22.9. The fourth-order valence-electron chi connectivity index (χ4n) is 3.09. The van der Waals surface area contributed by atoms with Crippen molar-refractivity contribution in [2.24, 2.45) is 5.73 Å². The van der Waals surface area contributed by atoms with Crippen molar-refractivity contribution >= 4 is 17.4 Å². The number of benzene rings is 3. The maximum Gasteiger partial charge on any atom is 0.253 e. The first kappa shape index (κ1) is 21.7. The van der Waals surface area contributed by atoms with Gasteiger partial charge in [0.1, 0.15) is 5.84 Å². The van der Waals surface area contributed by atoms with Crippen LogP contribution in [0, 0.1) is 24.2 Å². The van der Waals surface area contributed by atoms with Crippen LogP contribution in [0.3, 0.4) is 0 Å². The quantitative estimate of drug-likeness (QED) is 0.326. The van der Waals surface area contributed by atoms with Crippen LogP contribution in [0.5, 0.6) is 0 Å². The van der Waals surface area contributed by atoms with Crippen LogP contribution in [0.2, 0.25) is 0 Å². The monoisotopic (exact) mass is 410 g/mol. The van der Waals surface area contributed by atoms with Crippen molar-refractivity contribution in [1.82, 2.24) is 4.90 Å². The van der Waals surface area contributed by atoms with Crippen molar-refractivity contribution in [2.75, 3.05) is 18.9 Å². The summed E-state index contributed by atoms with van der Waals surface area (Å²) in [6.45, 7) is 3.01. The van der Waals surface area contributed by atoms with E-state index in [2.05, 4.69) is 17.2 Å². The van der Waals surface area contributed by atoms with Crippen LogP contribution in [-0.2, 0) is 6.54 Å². The maximum absolute atomic E-state index is 12.8. The fourth-order valence-corrected chi connectivity index (χ4v) is 3.09. The first-order chi connectivity index (χ1) is 14.9. The van der Waals surface area contributed by atoms with Gasteiger partial charge in [-0.25, -0.2) is 0 Å². The van der Waals surface area contributed by atoms with E-state index < -0.39 is 0 Å². The van der Waals surface area contributed by atoms with Gasteiger partial charge in [-0.05, 0) is 54.4 Å². The van der Waals surface area contributed by atoms with Crippen molar-refractivity contribution in [2.45, 2.75) is 13.5 Å². The van der Waals surface area contributed by atoms with Crippen LogP contribution >= 0.6 is 0 Å². The third kappa shape index (κ3) is 5.97. The molecular formula is C26H26N4O. The molecule has 0 spiro atoms. The van der Waals surface area contributed by atoms with E-state index in [-0.39, 0.29) is 11.7 Å². The largest absolute Gasteiger partial charge is 0.384 e. The molecule has 5 heteroatoms. The van der Waals surface area contributed by atoms with Crippen molar-refractivity contribution in [1.29, 1.82) is 5.41 Å². The predicted molar refractivity (Wildman–Crippen MR) is 126 cm³/mol. The van der Waals surface area contributed by atoms with Gasteiger partial charge in [0.05, 0.1) is 6.54 Å². The van der Waals surface area contributed by atoms with Crippen molar-refractivity contribution < 1.29 is 4.79 Å². The first-order valence-electron chi connectivity index (χ1n) is 10.0. The minimum atomic E-state index is -0.0319. The van der Waals surface area contributed by atoms with Crippen LogP contribution in [0.1, 0.15) is 32.6 Å². The number of nitrogens with zero attached hydrogens (tertiary/aromatic N) is 1. The molecule has 0 fully saturated rings. The Balaban J connectivity index is 1.64. The van der Waals surface area contributed by atoms with E-state index >= 15 is 0 Å². The SMILES string of the molecule is Cc1ccc(C(=O)N(C)Cc2ccccc2)cc1C#CCNc1ccc(C(=N)N)cc1. The number of hydrogen-bond acceptors (Lipinski definition) is 3. The Morgan fingerprint density at radius 1 is 1.03 bits per heavy atom. The molecule has 0 heterocycles. The van der Waals surface area contributed by atoms with E-state index in [0.717, 1.165) is 22.4 Å². The standard InChI is InChI=1S/C26H26N4O/c1-19-10-11-23(26(31)30(2)18-20-7-4-3-5-8-20)17-22(19)9-6-16-29-24-14-12-21(13-15-24)25(27)28/h3-5,7-8,10-15,17,29H,16,18H2,1-2H3,(H3,27,28). The number of anilines is 1. The summed E-state index contributed by atoms with van der Waals surface area (Å²) in [5.74, 6) is 6.29. The summed E-state index contributed by atoms with van der Waals surface area (Å²) in [7, 11) is 1.81. The lowest BCUT2D eigenvalue weighted by Crippen LogP contribution is -2.26. The molecule has 156 valence electrons. The van der Waals surface area contributed by atoms with Gasteiger partial charge in [-0.2, -0.15) is 0 Å². The molecule has 3 aromatic rings. The zero-order valence-electron chi connectivity index (χ0n) is 17.8. The zero-order chi connectivity index (χ0) is 22.2. The zero-order valence-corrected chi connectivity index (χ0v) is 17.8. The van der Waals surface area contributed by atoms with Gasteiger partial charge in [-0.1, -0.05) is 48.2 Å². The molecule has 0 aliphatic carbocycles. The molecule has 0 bridgehead atoms. The number of nitrogen functional groups attached to an aromatic ring is 1. The molecule has 0 saturated carbocycles. The molecule has 0 unspecified atom stereocenters. The van der Waals surface area contributed by atoms with Crippen molar-refractivity contribution in [3.63, 3.8) is 0 Å². The molecule has 5 nitrogen and oxygen atoms in total. The van der Waals surface area contributed by atoms with E-state index in [1.807, 2.05) is 74.6 Å². The second-order valence-corrected chi connectivity index (χ2v) is 7.32. The molecular weight excluding hydrogens is 384 g/mol. The number of amidine groups is 1. The highest BCUT2D eigenvalue weighted by Gasteiger charge is 2.13. The lowest BCUT2D eigenvalue weighted by molar-refractivity contribution is 0.0785. The van der Waals surface area contributed by atoms with Gasteiger partial charge in [-0.15, -0.1) is 0 Å². The topological polar surface area (TPSA) is 82.2 Å². The number of nitrogens with two attached hydrogens (primary N) is 1. The Bertz CT molecular complexity index is 1130. The van der Waals surface area contributed by atoms with E-state index in [9.17, 15) is 4.79 Å². The Morgan fingerprint density at radius 3 is 2.39 bits per heavy atom. The molecule has 1 amide bonds.